The number of hydrogen-bond donors (Lipinski definition) is 0. The zero-order valence-corrected chi connectivity index (χ0v) is 13.6. The van der Waals surface area contributed by atoms with Crippen molar-refractivity contribution in [2.24, 2.45) is 5.92 Å². The van der Waals surface area contributed by atoms with Gasteiger partial charge in [-0.25, -0.2) is 8.42 Å². The van der Waals surface area contributed by atoms with Crippen LogP contribution in [0, 0.1) is 19.8 Å². The quantitative estimate of drug-likeness (QED) is 0.632. The maximum absolute atomic E-state index is 12.0. The fourth-order valence-corrected chi connectivity index (χ4v) is 4.79. The van der Waals surface area contributed by atoms with Gasteiger partial charge >= 0.3 is 0 Å². The fourth-order valence-electron chi connectivity index (χ4n) is 2.82. The molecule has 112 valence electrons. The van der Waals surface area contributed by atoms with Crippen molar-refractivity contribution in [3.63, 3.8) is 0 Å². The summed E-state index contributed by atoms with van der Waals surface area (Å²) in [5, 5.41) is -0.546. The van der Waals surface area contributed by atoms with Crippen molar-refractivity contribution in [3.8, 4) is 0 Å². The van der Waals surface area contributed by atoms with Crippen molar-refractivity contribution in [2.75, 3.05) is 11.5 Å². The first-order valence-corrected chi connectivity index (χ1v) is 9.02. The van der Waals surface area contributed by atoms with Crippen LogP contribution in [0.15, 0.2) is 6.07 Å². The first-order valence-electron chi connectivity index (χ1n) is 6.76. The molecule has 1 aromatic heterocycles. The average Bonchev–Trinajstić information content (AvgIpc) is 2.82. The van der Waals surface area contributed by atoms with Gasteiger partial charge in [0, 0.05) is 23.5 Å². The lowest BCUT2D eigenvalue weighted by Crippen LogP contribution is -2.16. The van der Waals surface area contributed by atoms with Crippen molar-refractivity contribution in [1.29, 1.82) is 0 Å². The molecule has 1 fully saturated rings. The van der Waals surface area contributed by atoms with Crippen LogP contribution in [0.4, 0.5) is 0 Å². The SMILES string of the molecule is Cc1cc(C(=O)C(C)Cl)c(C)n1CC1CCS(=O)(=O)C1. The summed E-state index contributed by atoms with van der Waals surface area (Å²) in [5.41, 5.74) is 2.50. The van der Waals surface area contributed by atoms with Gasteiger partial charge < -0.3 is 4.57 Å². The van der Waals surface area contributed by atoms with E-state index in [0.29, 0.717) is 18.5 Å². The van der Waals surface area contributed by atoms with Crippen molar-refractivity contribution < 1.29 is 13.2 Å². The molecule has 6 heteroatoms. The minimum Gasteiger partial charge on any atom is -0.348 e. The summed E-state index contributed by atoms with van der Waals surface area (Å²) in [5.74, 6) is 0.590. The molecule has 20 heavy (non-hydrogen) atoms. The van der Waals surface area contributed by atoms with E-state index in [9.17, 15) is 13.2 Å². The van der Waals surface area contributed by atoms with E-state index in [2.05, 4.69) is 0 Å². The van der Waals surface area contributed by atoms with E-state index in [1.54, 1.807) is 6.92 Å². The highest BCUT2D eigenvalue weighted by molar-refractivity contribution is 7.91. The lowest BCUT2D eigenvalue weighted by molar-refractivity contribution is 0.0991. The van der Waals surface area contributed by atoms with Gasteiger partial charge in [-0.05, 0) is 39.2 Å². The summed E-state index contributed by atoms with van der Waals surface area (Å²) < 4.78 is 25.1. The van der Waals surface area contributed by atoms with Gasteiger partial charge in [-0.3, -0.25) is 4.79 Å². The number of carbonyl (C=O) groups is 1. The summed E-state index contributed by atoms with van der Waals surface area (Å²) in [6, 6.07) is 1.85. The second kappa shape index (κ2) is 5.53. The van der Waals surface area contributed by atoms with Crippen molar-refractivity contribution >= 4 is 27.2 Å². The zero-order valence-electron chi connectivity index (χ0n) is 12.0. The number of Topliss-reactive ketones (excluding diaryl/α,β-unsaturated/α-hetero) is 1. The number of ketones is 1. The van der Waals surface area contributed by atoms with Crippen LogP contribution in [-0.2, 0) is 16.4 Å². The number of aromatic nitrogens is 1. The third-order valence-electron chi connectivity index (χ3n) is 3.97. The fraction of sp³-hybridized carbons (Fsp3) is 0.643. The Balaban J connectivity index is 2.23. The molecule has 0 aromatic carbocycles. The highest BCUT2D eigenvalue weighted by Crippen LogP contribution is 2.24. The Kier molecular flexibility index (Phi) is 4.30. The maximum Gasteiger partial charge on any atom is 0.182 e. The molecular weight excluding hydrogens is 298 g/mol. The predicted molar refractivity (Wildman–Crippen MR) is 80.3 cm³/mol. The third kappa shape index (κ3) is 3.09. The van der Waals surface area contributed by atoms with Crippen molar-refractivity contribution in [1.82, 2.24) is 4.57 Å². The highest BCUT2D eigenvalue weighted by Gasteiger charge is 2.29. The lowest BCUT2D eigenvalue weighted by Gasteiger charge is -2.14. The largest absolute Gasteiger partial charge is 0.348 e. The van der Waals surface area contributed by atoms with E-state index in [0.717, 1.165) is 11.4 Å². The van der Waals surface area contributed by atoms with Crippen LogP contribution < -0.4 is 0 Å². The number of aryl methyl sites for hydroxylation is 1. The van der Waals surface area contributed by atoms with Gasteiger partial charge in [-0.15, -0.1) is 11.6 Å². The number of alkyl halides is 1. The van der Waals surface area contributed by atoms with Crippen molar-refractivity contribution in [2.45, 2.75) is 39.1 Å². The molecule has 2 rings (SSSR count). The van der Waals surface area contributed by atoms with Crippen LogP contribution in [0.2, 0.25) is 0 Å². The van der Waals surface area contributed by atoms with Crippen LogP contribution >= 0.6 is 11.6 Å². The molecular formula is C14H20ClNO3S. The van der Waals surface area contributed by atoms with Crippen LogP contribution in [-0.4, -0.2) is 35.7 Å². The van der Waals surface area contributed by atoms with Gasteiger partial charge in [0.25, 0.3) is 0 Å². The van der Waals surface area contributed by atoms with Gasteiger partial charge in [-0.2, -0.15) is 0 Å². The topological polar surface area (TPSA) is 56.1 Å². The number of sulfone groups is 1. The standard InChI is InChI=1S/C14H20ClNO3S/c1-9-6-13(14(17)10(2)15)11(3)16(9)7-12-4-5-20(18,19)8-12/h6,10,12H,4-5,7-8H2,1-3H3. The first kappa shape index (κ1) is 15.6. The molecule has 1 saturated heterocycles. The van der Waals surface area contributed by atoms with E-state index in [1.807, 2.05) is 24.5 Å². The van der Waals surface area contributed by atoms with Crippen LogP contribution in [0.1, 0.15) is 35.1 Å². The second-order valence-electron chi connectivity index (χ2n) is 5.64. The number of halogens is 1. The first-order chi connectivity index (χ1) is 9.21. The van der Waals surface area contributed by atoms with Gasteiger partial charge in [0.2, 0.25) is 0 Å². The Morgan fingerprint density at radius 2 is 2.15 bits per heavy atom. The molecule has 0 N–H and O–H groups in total. The summed E-state index contributed by atoms with van der Waals surface area (Å²) in [6.07, 6.45) is 0.703. The minimum atomic E-state index is -2.87. The van der Waals surface area contributed by atoms with E-state index in [-0.39, 0.29) is 23.2 Å². The Morgan fingerprint density at radius 3 is 2.65 bits per heavy atom. The van der Waals surface area contributed by atoms with E-state index in [4.69, 9.17) is 11.6 Å². The van der Waals surface area contributed by atoms with Gasteiger partial charge in [0.1, 0.15) is 0 Å². The van der Waals surface area contributed by atoms with Crippen molar-refractivity contribution in [3.05, 3.63) is 23.0 Å². The van der Waals surface area contributed by atoms with E-state index in [1.165, 1.54) is 0 Å². The normalized spacial score (nSPS) is 22.9. The summed E-state index contributed by atoms with van der Waals surface area (Å²) in [6.45, 7) is 6.15. The number of carbonyl (C=O) groups excluding carboxylic acids is 1. The summed E-state index contributed by atoms with van der Waals surface area (Å²) in [7, 11) is -2.87. The Bertz CT molecular complexity index is 631. The van der Waals surface area contributed by atoms with Crippen LogP contribution in [0.25, 0.3) is 0 Å². The summed E-state index contributed by atoms with van der Waals surface area (Å²) >= 11 is 5.87. The average molecular weight is 318 g/mol. The second-order valence-corrected chi connectivity index (χ2v) is 8.53. The molecule has 0 bridgehead atoms. The molecule has 0 radical (unpaired) electrons. The lowest BCUT2D eigenvalue weighted by atomic mass is 10.1. The zero-order chi connectivity index (χ0) is 15.1. The molecule has 1 aliphatic rings. The van der Waals surface area contributed by atoms with Gasteiger partial charge in [-0.1, -0.05) is 0 Å². The number of hydrogen-bond acceptors (Lipinski definition) is 3. The monoisotopic (exact) mass is 317 g/mol. The molecule has 1 aliphatic heterocycles. The molecule has 0 spiro atoms. The molecule has 0 amide bonds. The third-order valence-corrected chi connectivity index (χ3v) is 6.00. The smallest absolute Gasteiger partial charge is 0.182 e. The predicted octanol–water partition coefficient (Wildman–Crippen LogP) is 2.35. The van der Waals surface area contributed by atoms with E-state index < -0.39 is 15.2 Å². The number of nitrogens with zero attached hydrogens (tertiary/aromatic N) is 1. The molecule has 0 aliphatic carbocycles. The minimum absolute atomic E-state index is 0.0786. The maximum atomic E-state index is 12.0. The Hall–Kier alpha value is -0.810. The molecule has 2 heterocycles. The van der Waals surface area contributed by atoms with Gasteiger partial charge in [0.05, 0.1) is 16.9 Å². The van der Waals surface area contributed by atoms with Crippen LogP contribution in [0.5, 0.6) is 0 Å². The molecule has 2 unspecified atom stereocenters. The number of rotatable bonds is 4. The Labute approximate surface area is 125 Å². The summed E-state index contributed by atoms with van der Waals surface area (Å²) in [4.78, 5) is 12.0. The molecule has 4 nitrogen and oxygen atoms in total. The van der Waals surface area contributed by atoms with Crippen LogP contribution in [0.3, 0.4) is 0 Å². The Morgan fingerprint density at radius 1 is 1.50 bits per heavy atom. The highest BCUT2D eigenvalue weighted by atomic mass is 35.5. The van der Waals surface area contributed by atoms with Gasteiger partial charge in [0.15, 0.2) is 15.6 Å². The van der Waals surface area contributed by atoms with E-state index >= 15 is 0 Å². The molecule has 2 atom stereocenters. The molecule has 0 saturated carbocycles. The molecule has 1 aromatic rings.